The van der Waals surface area contributed by atoms with Crippen LogP contribution in [0.5, 0.6) is 0 Å². The van der Waals surface area contributed by atoms with Gasteiger partial charge in [-0.15, -0.1) is 0 Å². The lowest BCUT2D eigenvalue weighted by molar-refractivity contribution is -0.132. The molecule has 1 amide bonds. The van der Waals surface area contributed by atoms with Crippen molar-refractivity contribution in [1.82, 2.24) is 10.2 Å². The largest absolute Gasteiger partial charge is 0.340 e. The van der Waals surface area contributed by atoms with Gasteiger partial charge < -0.3 is 10.2 Å². The van der Waals surface area contributed by atoms with Crippen LogP contribution in [0.15, 0.2) is 0 Å². The maximum atomic E-state index is 11.5. The SMILES string of the molecule is O=C1CNCCN1CCC1CCCC1. The van der Waals surface area contributed by atoms with Gasteiger partial charge in [0.15, 0.2) is 0 Å². The van der Waals surface area contributed by atoms with Crippen molar-refractivity contribution in [1.29, 1.82) is 0 Å². The predicted octanol–water partition coefficient (Wildman–Crippen LogP) is 0.998. The topological polar surface area (TPSA) is 32.3 Å². The lowest BCUT2D eigenvalue weighted by atomic mass is 10.0. The highest BCUT2D eigenvalue weighted by molar-refractivity contribution is 5.78. The van der Waals surface area contributed by atoms with Crippen molar-refractivity contribution >= 4 is 5.91 Å². The lowest BCUT2D eigenvalue weighted by Crippen LogP contribution is -2.48. The first-order valence-electron chi connectivity index (χ1n) is 5.85. The number of hydrogen-bond acceptors (Lipinski definition) is 2. The Hall–Kier alpha value is -0.570. The molecule has 1 aliphatic heterocycles. The Morgan fingerprint density at radius 2 is 2.14 bits per heavy atom. The van der Waals surface area contributed by atoms with Gasteiger partial charge in [-0.2, -0.15) is 0 Å². The first-order valence-corrected chi connectivity index (χ1v) is 5.85. The number of nitrogens with one attached hydrogen (secondary N) is 1. The van der Waals surface area contributed by atoms with Crippen LogP contribution in [-0.2, 0) is 4.79 Å². The molecule has 0 atom stereocenters. The van der Waals surface area contributed by atoms with Gasteiger partial charge in [-0.1, -0.05) is 25.7 Å². The summed E-state index contributed by atoms with van der Waals surface area (Å²) in [5.74, 6) is 1.19. The number of carbonyl (C=O) groups is 1. The van der Waals surface area contributed by atoms with Crippen LogP contribution in [0, 0.1) is 5.92 Å². The third-order valence-electron chi connectivity index (χ3n) is 3.47. The number of hydrogen-bond donors (Lipinski definition) is 1. The molecule has 1 saturated carbocycles. The predicted molar refractivity (Wildman–Crippen MR) is 56.0 cm³/mol. The normalized spacial score (nSPS) is 24.6. The van der Waals surface area contributed by atoms with Crippen LogP contribution in [0.1, 0.15) is 32.1 Å². The summed E-state index contributed by atoms with van der Waals surface area (Å²) >= 11 is 0. The summed E-state index contributed by atoms with van der Waals surface area (Å²) in [7, 11) is 0. The summed E-state index contributed by atoms with van der Waals surface area (Å²) < 4.78 is 0. The van der Waals surface area contributed by atoms with Crippen LogP contribution in [0.3, 0.4) is 0 Å². The molecule has 0 unspecified atom stereocenters. The standard InChI is InChI=1S/C11H20N2O/c14-11-9-12-6-8-13(11)7-5-10-3-1-2-4-10/h10,12H,1-9H2. The van der Waals surface area contributed by atoms with Gasteiger partial charge in [0, 0.05) is 19.6 Å². The van der Waals surface area contributed by atoms with Crippen molar-refractivity contribution in [2.75, 3.05) is 26.2 Å². The molecule has 0 aromatic heterocycles. The van der Waals surface area contributed by atoms with Gasteiger partial charge >= 0.3 is 0 Å². The number of rotatable bonds is 3. The molecule has 1 heterocycles. The van der Waals surface area contributed by atoms with E-state index in [1.807, 2.05) is 4.90 Å². The first-order chi connectivity index (χ1) is 6.86. The number of piperazine rings is 1. The zero-order chi connectivity index (χ0) is 9.80. The summed E-state index contributed by atoms with van der Waals surface area (Å²) in [5, 5.41) is 3.10. The quantitative estimate of drug-likeness (QED) is 0.730. The molecule has 0 aromatic carbocycles. The second kappa shape index (κ2) is 4.78. The van der Waals surface area contributed by atoms with Gasteiger partial charge in [-0.3, -0.25) is 4.79 Å². The van der Waals surface area contributed by atoms with Crippen molar-refractivity contribution in [3.63, 3.8) is 0 Å². The molecule has 3 heteroatoms. The molecule has 14 heavy (non-hydrogen) atoms. The molecule has 0 aromatic rings. The van der Waals surface area contributed by atoms with E-state index < -0.39 is 0 Å². The van der Waals surface area contributed by atoms with E-state index in [9.17, 15) is 4.79 Å². The van der Waals surface area contributed by atoms with Crippen LogP contribution >= 0.6 is 0 Å². The molecule has 0 spiro atoms. The number of amides is 1. The van der Waals surface area contributed by atoms with Crippen LogP contribution in [-0.4, -0.2) is 37.0 Å². The Morgan fingerprint density at radius 1 is 1.36 bits per heavy atom. The minimum atomic E-state index is 0.286. The van der Waals surface area contributed by atoms with Crippen LogP contribution in [0.25, 0.3) is 0 Å². The van der Waals surface area contributed by atoms with E-state index in [-0.39, 0.29) is 5.91 Å². The van der Waals surface area contributed by atoms with E-state index in [2.05, 4.69) is 5.32 Å². The van der Waals surface area contributed by atoms with Crippen LogP contribution in [0.2, 0.25) is 0 Å². The Labute approximate surface area is 85.8 Å². The molecule has 2 aliphatic rings. The molecule has 2 fully saturated rings. The average Bonchev–Trinajstić information content (AvgIpc) is 2.69. The second-order valence-electron chi connectivity index (χ2n) is 4.50. The van der Waals surface area contributed by atoms with Crippen molar-refractivity contribution in [3.05, 3.63) is 0 Å². The Kier molecular flexibility index (Phi) is 3.40. The van der Waals surface area contributed by atoms with Crippen molar-refractivity contribution < 1.29 is 4.79 Å². The second-order valence-corrected chi connectivity index (χ2v) is 4.50. The average molecular weight is 196 g/mol. The van der Waals surface area contributed by atoms with Crippen molar-refractivity contribution in [2.45, 2.75) is 32.1 Å². The summed E-state index contributed by atoms with van der Waals surface area (Å²) in [6.07, 6.45) is 6.81. The lowest BCUT2D eigenvalue weighted by Gasteiger charge is -2.28. The molecule has 0 radical (unpaired) electrons. The zero-order valence-corrected chi connectivity index (χ0v) is 8.80. The van der Waals surface area contributed by atoms with E-state index in [4.69, 9.17) is 0 Å². The van der Waals surface area contributed by atoms with Gasteiger partial charge in [0.05, 0.1) is 6.54 Å². The molecule has 80 valence electrons. The first kappa shape index (κ1) is 9.97. The highest BCUT2D eigenvalue weighted by Gasteiger charge is 2.20. The third-order valence-corrected chi connectivity index (χ3v) is 3.47. The molecule has 0 bridgehead atoms. The molecular weight excluding hydrogens is 176 g/mol. The summed E-state index contributed by atoms with van der Waals surface area (Å²) in [6.45, 7) is 3.41. The highest BCUT2D eigenvalue weighted by atomic mass is 16.2. The molecule has 2 rings (SSSR count). The van der Waals surface area contributed by atoms with Crippen LogP contribution in [0.4, 0.5) is 0 Å². The summed E-state index contributed by atoms with van der Waals surface area (Å²) in [5.41, 5.74) is 0. The molecule has 1 N–H and O–H groups in total. The highest BCUT2D eigenvalue weighted by Crippen LogP contribution is 2.27. The minimum Gasteiger partial charge on any atom is -0.340 e. The maximum Gasteiger partial charge on any atom is 0.236 e. The number of nitrogens with zero attached hydrogens (tertiary/aromatic N) is 1. The fourth-order valence-corrected chi connectivity index (χ4v) is 2.52. The third kappa shape index (κ3) is 2.47. The zero-order valence-electron chi connectivity index (χ0n) is 8.80. The van der Waals surface area contributed by atoms with E-state index in [0.29, 0.717) is 6.54 Å². The van der Waals surface area contributed by atoms with Gasteiger partial charge in [-0.05, 0) is 12.3 Å². The Morgan fingerprint density at radius 3 is 2.86 bits per heavy atom. The fraction of sp³-hybridized carbons (Fsp3) is 0.909. The molecule has 1 saturated heterocycles. The van der Waals surface area contributed by atoms with Gasteiger partial charge in [0.2, 0.25) is 5.91 Å². The Bertz CT molecular complexity index is 199. The Balaban J connectivity index is 1.70. The van der Waals surface area contributed by atoms with Crippen molar-refractivity contribution in [3.8, 4) is 0 Å². The van der Waals surface area contributed by atoms with Crippen molar-refractivity contribution in [2.24, 2.45) is 5.92 Å². The minimum absolute atomic E-state index is 0.286. The summed E-state index contributed by atoms with van der Waals surface area (Å²) in [4.78, 5) is 13.5. The van der Waals surface area contributed by atoms with Gasteiger partial charge in [0.1, 0.15) is 0 Å². The molecule has 3 nitrogen and oxygen atoms in total. The number of carbonyl (C=O) groups excluding carboxylic acids is 1. The van der Waals surface area contributed by atoms with E-state index in [0.717, 1.165) is 25.6 Å². The molecular formula is C11H20N2O. The smallest absolute Gasteiger partial charge is 0.236 e. The monoisotopic (exact) mass is 196 g/mol. The summed E-state index contributed by atoms with van der Waals surface area (Å²) in [6, 6.07) is 0. The van der Waals surface area contributed by atoms with Gasteiger partial charge in [-0.25, -0.2) is 0 Å². The van der Waals surface area contributed by atoms with E-state index >= 15 is 0 Å². The van der Waals surface area contributed by atoms with Gasteiger partial charge in [0.25, 0.3) is 0 Å². The van der Waals surface area contributed by atoms with E-state index in [1.165, 1.54) is 32.1 Å². The van der Waals surface area contributed by atoms with E-state index in [1.54, 1.807) is 0 Å². The van der Waals surface area contributed by atoms with Crippen LogP contribution < -0.4 is 5.32 Å². The molecule has 1 aliphatic carbocycles. The fourth-order valence-electron chi connectivity index (χ4n) is 2.52. The maximum absolute atomic E-state index is 11.5.